The van der Waals surface area contributed by atoms with Crippen LogP contribution in [0.1, 0.15) is 33.1 Å². The van der Waals surface area contributed by atoms with Gasteiger partial charge in [0.05, 0.1) is 24.3 Å². The number of benzene rings is 4. The van der Waals surface area contributed by atoms with E-state index in [2.05, 4.69) is 34.5 Å². The minimum Gasteiger partial charge on any atom is -0.507 e. The molecule has 46 heavy (non-hydrogen) atoms. The average Bonchev–Trinajstić information content (AvgIpc) is 3.67. The molecule has 230 valence electrons. The van der Waals surface area contributed by atoms with E-state index < -0.39 is 23.7 Å². The number of rotatable bonds is 7. The lowest BCUT2D eigenvalue weighted by molar-refractivity contribution is -0.132. The number of carbonyl (C=O) groups is 3. The Labute approximate surface area is 271 Å². The molecule has 1 amide bonds. The Kier molecular flexibility index (Phi) is 7.89. The summed E-state index contributed by atoms with van der Waals surface area (Å²) in [6, 6.07) is 24.3. The van der Waals surface area contributed by atoms with Crippen molar-refractivity contribution in [2.45, 2.75) is 16.1 Å². The number of nitrogens with zero attached hydrogens (tertiary/aromatic N) is 3. The van der Waals surface area contributed by atoms with Gasteiger partial charge >= 0.3 is 11.9 Å². The monoisotopic (exact) mass is 651 g/mol. The fourth-order valence-electron chi connectivity index (χ4n) is 5.53. The van der Waals surface area contributed by atoms with Crippen molar-refractivity contribution >= 4 is 62.4 Å². The molecule has 2 aliphatic heterocycles. The molecule has 0 spiro atoms. The molecule has 1 atom stereocenters. The van der Waals surface area contributed by atoms with Gasteiger partial charge in [0.2, 0.25) is 5.13 Å². The summed E-state index contributed by atoms with van der Waals surface area (Å²) in [6.45, 7) is 0.737. The smallest absolute Gasteiger partial charge is 0.337 e. The molecular weight excluding hydrogens is 627 g/mol. The molecule has 0 aliphatic carbocycles. The number of fused-ring (bicyclic) bond motifs is 2. The zero-order chi connectivity index (χ0) is 31.8. The predicted octanol–water partition coefficient (Wildman–Crippen LogP) is 6.17. The van der Waals surface area contributed by atoms with E-state index in [0.717, 1.165) is 16.3 Å². The molecule has 0 bridgehead atoms. The number of aliphatic hydroxyl groups excluding tert-OH is 1. The number of Topliss-reactive ketones (excluding diaryl/α,β-unsaturated/α-hetero) is 1. The number of amides is 1. The summed E-state index contributed by atoms with van der Waals surface area (Å²) in [5.41, 5.74) is 2.05. The number of thioether (sulfide) groups is 1. The van der Waals surface area contributed by atoms with Crippen molar-refractivity contribution in [3.05, 3.63) is 113 Å². The fourth-order valence-corrected chi connectivity index (χ4v) is 7.40. The lowest BCUT2D eigenvalue weighted by Crippen LogP contribution is -2.29. The van der Waals surface area contributed by atoms with Crippen LogP contribution in [0.25, 0.3) is 16.5 Å². The van der Waals surface area contributed by atoms with Gasteiger partial charge in [-0.1, -0.05) is 77.7 Å². The number of carbonyl (C=O) groups excluding carboxylic acids is 3. The van der Waals surface area contributed by atoms with E-state index in [4.69, 9.17) is 14.2 Å². The Morgan fingerprint density at radius 2 is 1.70 bits per heavy atom. The maximum absolute atomic E-state index is 13.7. The van der Waals surface area contributed by atoms with E-state index in [1.807, 2.05) is 18.2 Å². The Bertz CT molecular complexity index is 2040. The number of aliphatic hydroxyl groups is 1. The Morgan fingerprint density at radius 1 is 0.957 bits per heavy atom. The third-order valence-corrected chi connectivity index (χ3v) is 9.85. The maximum Gasteiger partial charge on any atom is 0.337 e. The molecule has 2 aliphatic rings. The molecule has 0 saturated carbocycles. The van der Waals surface area contributed by atoms with Crippen LogP contribution in [-0.2, 0) is 20.1 Å². The topological polar surface area (TPSA) is 128 Å². The molecule has 1 saturated heterocycles. The molecule has 10 nitrogen and oxygen atoms in total. The highest BCUT2D eigenvalue weighted by Crippen LogP contribution is 2.45. The van der Waals surface area contributed by atoms with Gasteiger partial charge in [0, 0.05) is 11.3 Å². The van der Waals surface area contributed by atoms with Crippen LogP contribution in [0.5, 0.6) is 11.5 Å². The van der Waals surface area contributed by atoms with Crippen LogP contribution in [0.15, 0.2) is 94.8 Å². The second-order valence-electron chi connectivity index (χ2n) is 10.4. The predicted molar refractivity (Wildman–Crippen MR) is 173 cm³/mol. The minimum atomic E-state index is -1.05. The number of ketones is 1. The minimum absolute atomic E-state index is 0.132. The SMILES string of the molecule is COC(=O)c1ccc([C@H]2/C(=C(\O)c3ccc4c(c3)OCCO4)C(=O)C(=O)N2c2nnc(SCc3cccc4ccccc34)s2)cc1. The highest BCUT2D eigenvalue weighted by molar-refractivity contribution is 8.00. The normalized spacial score (nSPS) is 17.0. The number of esters is 1. The van der Waals surface area contributed by atoms with Gasteiger partial charge in [-0.3, -0.25) is 14.5 Å². The van der Waals surface area contributed by atoms with Crippen LogP contribution in [0.4, 0.5) is 5.13 Å². The second-order valence-corrected chi connectivity index (χ2v) is 12.6. The molecule has 5 aromatic rings. The molecular formula is C34H25N3O7S2. The van der Waals surface area contributed by atoms with Crippen LogP contribution in [0.2, 0.25) is 0 Å². The molecule has 0 unspecified atom stereocenters. The number of hydrogen-bond donors (Lipinski definition) is 1. The van der Waals surface area contributed by atoms with Gasteiger partial charge in [0.25, 0.3) is 5.78 Å². The summed E-state index contributed by atoms with van der Waals surface area (Å²) in [5.74, 6) is -1.10. The quantitative estimate of drug-likeness (QED) is 0.0545. The zero-order valence-electron chi connectivity index (χ0n) is 24.3. The van der Waals surface area contributed by atoms with Crippen LogP contribution in [0.3, 0.4) is 0 Å². The van der Waals surface area contributed by atoms with Gasteiger partial charge in [0.15, 0.2) is 15.8 Å². The van der Waals surface area contributed by atoms with E-state index >= 15 is 0 Å². The van der Waals surface area contributed by atoms with E-state index in [9.17, 15) is 19.5 Å². The average molecular weight is 652 g/mol. The third kappa shape index (κ3) is 5.35. The molecule has 0 radical (unpaired) electrons. The van der Waals surface area contributed by atoms with Crippen molar-refractivity contribution in [1.29, 1.82) is 0 Å². The summed E-state index contributed by atoms with van der Waals surface area (Å²) in [4.78, 5) is 40.7. The van der Waals surface area contributed by atoms with Gasteiger partial charge in [-0.05, 0) is 52.2 Å². The van der Waals surface area contributed by atoms with Gasteiger partial charge in [-0.15, -0.1) is 10.2 Å². The van der Waals surface area contributed by atoms with E-state index in [1.54, 1.807) is 30.3 Å². The molecule has 4 aromatic carbocycles. The first kappa shape index (κ1) is 29.5. The van der Waals surface area contributed by atoms with Gasteiger partial charge in [0.1, 0.15) is 19.0 Å². The van der Waals surface area contributed by atoms with Crippen molar-refractivity contribution < 1.29 is 33.7 Å². The first-order valence-electron chi connectivity index (χ1n) is 14.2. The van der Waals surface area contributed by atoms with E-state index in [-0.39, 0.29) is 27.6 Å². The standard InChI is InChI=1S/C34H25N3O7S2/c1-42-32(41)21-11-9-20(10-12-21)28-27(29(38)22-13-14-25-26(17-22)44-16-15-43-25)30(39)31(40)37(28)33-35-36-34(46-33)45-18-23-7-4-6-19-5-2-3-8-24(19)23/h2-14,17,28,38H,15-16,18H2,1H3/b29-27+/t28-/m0/s1. The van der Waals surface area contributed by atoms with Crippen molar-refractivity contribution in [2.24, 2.45) is 0 Å². The van der Waals surface area contributed by atoms with Gasteiger partial charge in [-0.2, -0.15) is 0 Å². The van der Waals surface area contributed by atoms with Crippen LogP contribution in [0, 0.1) is 0 Å². The van der Waals surface area contributed by atoms with Crippen molar-refractivity contribution in [1.82, 2.24) is 10.2 Å². The number of anilines is 1. The second kappa shape index (κ2) is 12.3. The third-order valence-electron chi connectivity index (χ3n) is 7.74. The maximum atomic E-state index is 13.7. The van der Waals surface area contributed by atoms with Gasteiger partial charge < -0.3 is 19.3 Å². The molecule has 7 rings (SSSR count). The van der Waals surface area contributed by atoms with Crippen LogP contribution in [-0.4, -0.2) is 53.3 Å². The van der Waals surface area contributed by atoms with E-state index in [0.29, 0.717) is 40.4 Å². The first-order chi connectivity index (χ1) is 22.4. The van der Waals surface area contributed by atoms with Crippen LogP contribution < -0.4 is 14.4 Å². The molecule has 1 fully saturated rings. The molecule has 1 aromatic heterocycles. The highest BCUT2D eigenvalue weighted by Gasteiger charge is 2.48. The Balaban J connectivity index is 1.26. The highest BCUT2D eigenvalue weighted by atomic mass is 32.2. The summed E-state index contributed by atoms with van der Waals surface area (Å²) >= 11 is 2.65. The van der Waals surface area contributed by atoms with Crippen molar-refractivity contribution in [2.75, 3.05) is 25.2 Å². The fraction of sp³-hybridized carbons (Fsp3) is 0.147. The summed E-state index contributed by atoms with van der Waals surface area (Å²) in [7, 11) is 1.28. The number of ether oxygens (including phenoxy) is 3. The molecule has 1 N–H and O–H groups in total. The lowest BCUT2D eigenvalue weighted by atomic mass is 9.94. The number of hydrogen-bond acceptors (Lipinski definition) is 11. The van der Waals surface area contributed by atoms with Crippen molar-refractivity contribution in [3.8, 4) is 11.5 Å². The molecule has 3 heterocycles. The summed E-state index contributed by atoms with van der Waals surface area (Å²) < 4.78 is 16.7. The number of aromatic nitrogens is 2. The first-order valence-corrected chi connectivity index (χ1v) is 16.1. The van der Waals surface area contributed by atoms with Crippen molar-refractivity contribution in [3.63, 3.8) is 0 Å². The van der Waals surface area contributed by atoms with Crippen LogP contribution >= 0.6 is 23.1 Å². The molecule has 12 heteroatoms. The zero-order valence-corrected chi connectivity index (χ0v) is 26.0. The van der Waals surface area contributed by atoms with Gasteiger partial charge in [-0.25, -0.2) is 4.79 Å². The summed E-state index contributed by atoms with van der Waals surface area (Å²) in [6.07, 6.45) is 0. The number of methoxy groups -OCH3 is 1. The largest absolute Gasteiger partial charge is 0.507 e. The summed E-state index contributed by atoms with van der Waals surface area (Å²) in [5, 5.41) is 22.7. The Morgan fingerprint density at radius 3 is 2.50 bits per heavy atom. The Hall–Kier alpha value is -5.20. The lowest BCUT2D eigenvalue weighted by Gasteiger charge is -2.23. The van der Waals surface area contributed by atoms with E-state index in [1.165, 1.54) is 47.2 Å².